The number of anilines is 1. The van der Waals surface area contributed by atoms with E-state index in [1.807, 2.05) is 13.0 Å². The van der Waals surface area contributed by atoms with Crippen molar-refractivity contribution in [3.05, 3.63) is 23.8 Å². The molecule has 2 rings (SSSR count). The number of carbonyl (C=O) groups excluding carboxylic acids is 4. The summed E-state index contributed by atoms with van der Waals surface area (Å²) in [7, 11) is 1.50. The smallest absolute Gasteiger partial charge is 0.324 e. The van der Waals surface area contributed by atoms with Crippen molar-refractivity contribution in [2.75, 3.05) is 25.5 Å². The quantitative estimate of drug-likeness (QED) is 0.520. The zero-order chi connectivity index (χ0) is 20.0. The first-order valence-electron chi connectivity index (χ1n) is 8.55. The van der Waals surface area contributed by atoms with Crippen molar-refractivity contribution in [2.24, 2.45) is 0 Å². The van der Waals surface area contributed by atoms with Gasteiger partial charge in [-0.15, -0.1) is 0 Å². The average Bonchev–Trinajstić information content (AvgIpc) is 2.93. The van der Waals surface area contributed by atoms with Crippen LogP contribution in [0.25, 0.3) is 0 Å². The van der Waals surface area contributed by atoms with Crippen LogP contribution in [0.3, 0.4) is 0 Å². The number of methoxy groups -OCH3 is 1. The monoisotopic (exact) mass is 377 g/mol. The van der Waals surface area contributed by atoms with E-state index in [1.54, 1.807) is 12.1 Å². The number of urea groups is 1. The van der Waals surface area contributed by atoms with Gasteiger partial charge in [0.15, 0.2) is 6.10 Å². The van der Waals surface area contributed by atoms with Crippen LogP contribution in [0.15, 0.2) is 18.2 Å². The van der Waals surface area contributed by atoms with Gasteiger partial charge in [-0.05, 0) is 38.0 Å². The van der Waals surface area contributed by atoms with Gasteiger partial charge in [-0.1, -0.05) is 6.07 Å². The van der Waals surface area contributed by atoms with Crippen molar-refractivity contribution in [3.63, 3.8) is 0 Å². The topological polar surface area (TPSA) is 114 Å². The Labute approximate surface area is 157 Å². The normalized spacial score (nSPS) is 14.6. The van der Waals surface area contributed by atoms with Gasteiger partial charge < -0.3 is 20.1 Å². The molecule has 1 aromatic rings. The number of hydrogen-bond donors (Lipinski definition) is 2. The SMILES string of the molecule is COc1ccc(C)cc1NC(=O)[C@@H](C)OC(=O)CCCN1C(=O)CNC1=O. The Kier molecular flexibility index (Phi) is 6.75. The van der Waals surface area contributed by atoms with E-state index in [2.05, 4.69) is 10.6 Å². The van der Waals surface area contributed by atoms with Crippen LogP contribution < -0.4 is 15.4 Å². The molecule has 4 amide bonds. The van der Waals surface area contributed by atoms with Crippen LogP contribution in [0, 0.1) is 6.92 Å². The molecule has 9 nitrogen and oxygen atoms in total. The molecule has 1 aromatic carbocycles. The van der Waals surface area contributed by atoms with E-state index < -0.39 is 24.0 Å². The molecule has 0 saturated carbocycles. The van der Waals surface area contributed by atoms with Gasteiger partial charge >= 0.3 is 12.0 Å². The zero-order valence-electron chi connectivity index (χ0n) is 15.5. The number of rotatable bonds is 8. The van der Waals surface area contributed by atoms with Crippen LogP contribution in [0.4, 0.5) is 10.5 Å². The van der Waals surface area contributed by atoms with Gasteiger partial charge in [0.05, 0.1) is 19.3 Å². The van der Waals surface area contributed by atoms with E-state index >= 15 is 0 Å². The molecule has 0 spiro atoms. The van der Waals surface area contributed by atoms with Crippen LogP contribution in [0.1, 0.15) is 25.3 Å². The van der Waals surface area contributed by atoms with Gasteiger partial charge in [-0.2, -0.15) is 0 Å². The fraction of sp³-hybridized carbons (Fsp3) is 0.444. The highest BCUT2D eigenvalue weighted by molar-refractivity contribution is 6.02. The summed E-state index contributed by atoms with van der Waals surface area (Å²) in [6.07, 6.45) is -0.750. The lowest BCUT2D eigenvalue weighted by atomic mass is 10.2. The standard InChI is InChI=1S/C18H23N3O6/c1-11-6-7-14(26-3)13(9-11)20-17(24)12(2)27-16(23)5-4-8-21-15(22)10-19-18(21)25/h6-7,9,12H,4-5,8,10H2,1-3H3,(H,19,25)(H,20,24)/t12-/m1/s1. The number of hydrogen-bond acceptors (Lipinski definition) is 6. The molecule has 1 heterocycles. The van der Waals surface area contributed by atoms with Gasteiger partial charge in [0.2, 0.25) is 5.91 Å². The Morgan fingerprint density at radius 1 is 1.33 bits per heavy atom. The van der Waals surface area contributed by atoms with E-state index in [9.17, 15) is 19.2 Å². The highest BCUT2D eigenvalue weighted by atomic mass is 16.5. The lowest BCUT2D eigenvalue weighted by Gasteiger charge is -2.16. The van der Waals surface area contributed by atoms with Crippen LogP contribution in [-0.4, -0.2) is 55.0 Å². The Hall–Kier alpha value is -3.10. The number of esters is 1. The zero-order valence-corrected chi connectivity index (χ0v) is 15.5. The van der Waals surface area contributed by atoms with E-state index in [-0.39, 0.29) is 31.8 Å². The molecule has 1 aliphatic rings. The predicted molar refractivity (Wildman–Crippen MR) is 96.3 cm³/mol. The van der Waals surface area contributed by atoms with Crippen molar-refractivity contribution in [3.8, 4) is 5.75 Å². The molecule has 1 atom stereocenters. The van der Waals surface area contributed by atoms with Crippen molar-refractivity contribution in [1.29, 1.82) is 0 Å². The molecule has 0 unspecified atom stereocenters. The third-order valence-corrected chi connectivity index (χ3v) is 3.99. The summed E-state index contributed by atoms with van der Waals surface area (Å²) >= 11 is 0. The number of imide groups is 1. The molecule has 0 aromatic heterocycles. The fourth-order valence-corrected chi connectivity index (χ4v) is 2.53. The maximum Gasteiger partial charge on any atom is 0.324 e. The second-order valence-corrected chi connectivity index (χ2v) is 6.13. The summed E-state index contributed by atoms with van der Waals surface area (Å²) in [5.74, 6) is -0.892. The minimum Gasteiger partial charge on any atom is -0.495 e. The third kappa shape index (κ3) is 5.44. The maximum absolute atomic E-state index is 12.2. The van der Waals surface area contributed by atoms with Gasteiger partial charge in [0.25, 0.3) is 5.91 Å². The molecular formula is C18H23N3O6. The van der Waals surface area contributed by atoms with Gasteiger partial charge in [0.1, 0.15) is 5.75 Å². The molecule has 27 heavy (non-hydrogen) atoms. The number of amides is 4. The van der Waals surface area contributed by atoms with E-state index in [0.29, 0.717) is 11.4 Å². The second kappa shape index (κ2) is 9.02. The Balaban J connectivity index is 1.80. The highest BCUT2D eigenvalue weighted by Crippen LogP contribution is 2.25. The first-order valence-corrected chi connectivity index (χ1v) is 8.55. The number of ether oxygens (including phenoxy) is 2. The number of carbonyl (C=O) groups is 4. The summed E-state index contributed by atoms with van der Waals surface area (Å²) < 4.78 is 10.3. The van der Waals surface area contributed by atoms with E-state index in [1.165, 1.54) is 14.0 Å². The molecule has 146 valence electrons. The molecule has 2 N–H and O–H groups in total. The van der Waals surface area contributed by atoms with E-state index in [4.69, 9.17) is 9.47 Å². The average molecular weight is 377 g/mol. The number of benzene rings is 1. The van der Waals surface area contributed by atoms with Crippen molar-refractivity contribution < 1.29 is 28.7 Å². The molecule has 1 aliphatic heterocycles. The predicted octanol–water partition coefficient (Wildman–Crippen LogP) is 1.21. The first-order chi connectivity index (χ1) is 12.8. The van der Waals surface area contributed by atoms with E-state index in [0.717, 1.165) is 10.5 Å². The fourth-order valence-electron chi connectivity index (χ4n) is 2.53. The summed E-state index contributed by atoms with van der Waals surface area (Å²) in [5, 5.41) is 5.07. The summed E-state index contributed by atoms with van der Waals surface area (Å²) in [6.45, 7) is 3.45. The molecule has 1 saturated heterocycles. The lowest BCUT2D eigenvalue weighted by molar-refractivity contribution is -0.153. The molecule has 0 bridgehead atoms. The number of aryl methyl sites for hydroxylation is 1. The molecular weight excluding hydrogens is 354 g/mol. The van der Waals surface area contributed by atoms with Crippen molar-refractivity contribution in [2.45, 2.75) is 32.8 Å². The number of nitrogens with one attached hydrogen (secondary N) is 2. The van der Waals surface area contributed by atoms with Crippen molar-refractivity contribution in [1.82, 2.24) is 10.2 Å². The van der Waals surface area contributed by atoms with Gasteiger partial charge in [-0.25, -0.2) is 4.79 Å². The van der Waals surface area contributed by atoms with Crippen LogP contribution in [0.2, 0.25) is 0 Å². The minimum absolute atomic E-state index is 0.0115. The lowest BCUT2D eigenvalue weighted by Crippen LogP contribution is -2.33. The van der Waals surface area contributed by atoms with Crippen molar-refractivity contribution >= 4 is 29.5 Å². The van der Waals surface area contributed by atoms with Gasteiger partial charge in [-0.3, -0.25) is 19.3 Å². The Morgan fingerprint density at radius 2 is 2.07 bits per heavy atom. The Morgan fingerprint density at radius 3 is 2.70 bits per heavy atom. The van der Waals surface area contributed by atoms with Crippen LogP contribution in [0.5, 0.6) is 5.75 Å². The molecule has 0 aliphatic carbocycles. The Bertz CT molecular complexity index is 733. The largest absolute Gasteiger partial charge is 0.495 e. The van der Waals surface area contributed by atoms with Crippen LogP contribution in [-0.2, 0) is 19.1 Å². The molecule has 0 radical (unpaired) electrons. The third-order valence-electron chi connectivity index (χ3n) is 3.99. The molecule has 9 heteroatoms. The highest BCUT2D eigenvalue weighted by Gasteiger charge is 2.28. The summed E-state index contributed by atoms with van der Waals surface area (Å²) in [6, 6.07) is 4.87. The van der Waals surface area contributed by atoms with Gasteiger partial charge in [0, 0.05) is 13.0 Å². The second-order valence-electron chi connectivity index (χ2n) is 6.13. The summed E-state index contributed by atoms with van der Waals surface area (Å²) in [5.41, 5.74) is 1.43. The first kappa shape index (κ1) is 20.2. The maximum atomic E-state index is 12.2. The van der Waals surface area contributed by atoms with Crippen LogP contribution >= 0.6 is 0 Å². The minimum atomic E-state index is -1.00. The number of nitrogens with zero attached hydrogens (tertiary/aromatic N) is 1. The molecule has 1 fully saturated rings. The summed E-state index contributed by atoms with van der Waals surface area (Å²) in [4.78, 5) is 48.0.